The number of nitrogens with two attached hydrogens (primary N) is 1. The number of sulfonamides is 1. The largest absolute Gasteiger partial charge is 0.488 e. The second kappa shape index (κ2) is 6.11. The number of hydrogen-bond donors (Lipinski definition) is 1. The molecule has 0 radical (unpaired) electrons. The van der Waals surface area contributed by atoms with E-state index in [1.165, 1.54) is 6.07 Å². The Morgan fingerprint density at radius 1 is 1.40 bits per heavy atom. The number of benzene rings is 1. The van der Waals surface area contributed by atoms with Gasteiger partial charge >= 0.3 is 0 Å². The zero-order valence-corrected chi connectivity index (χ0v) is 12.7. The highest BCUT2D eigenvalue weighted by Crippen LogP contribution is 2.30. The lowest BCUT2D eigenvalue weighted by Crippen LogP contribution is -2.28. The quantitative estimate of drug-likeness (QED) is 0.922. The monoisotopic (exact) mass is 299 g/mol. The minimum Gasteiger partial charge on any atom is -0.488 e. The van der Waals surface area contributed by atoms with E-state index in [1.807, 2.05) is 13.8 Å². The smallest absolute Gasteiger partial charge is 0.238 e. The van der Waals surface area contributed by atoms with Crippen molar-refractivity contribution in [3.63, 3.8) is 0 Å². The predicted molar refractivity (Wildman–Crippen MR) is 76.4 cm³/mol. The molecule has 1 saturated heterocycles. The molecule has 20 heavy (non-hydrogen) atoms. The molecular weight excluding hydrogens is 278 g/mol. The maximum Gasteiger partial charge on any atom is 0.238 e. The summed E-state index contributed by atoms with van der Waals surface area (Å²) in [5.74, 6) is 0.860. The van der Waals surface area contributed by atoms with Gasteiger partial charge in [0.2, 0.25) is 10.0 Å². The van der Waals surface area contributed by atoms with Gasteiger partial charge in [-0.2, -0.15) is 0 Å². The summed E-state index contributed by atoms with van der Waals surface area (Å²) in [5.41, 5.74) is 0.849. The Balaban J connectivity index is 2.28. The fourth-order valence-electron chi connectivity index (χ4n) is 2.25. The van der Waals surface area contributed by atoms with Crippen molar-refractivity contribution in [3.05, 3.63) is 23.8 Å². The van der Waals surface area contributed by atoms with E-state index in [0.29, 0.717) is 12.4 Å². The van der Waals surface area contributed by atoms with Gasteiger partial charge in [-0.25, -0.2) is 13.6 Å². The lowest BCUT2D eigenvalue weighted by molar-refractivity contribution is 0.00693. The van der Waals surface area contributed by atoms with Gasteiger partial charge in [0, 0.05) is 6.61 Å². The van der Waals surface area contributed by atoms with Crippen LogP contribution in [0.2, 0.25) is 0 Å². The van der Waals surface area contributed by atoms with Gasteiger partial charge in [0.25, 0.3) is 0 Å². The Hall–Kier alpha value is -1.11. The van der Waals surface area contributed by atoms with Gasteiger partial charge in [-0.3, -0.25) is 0 Å². The van der Waals surface area contributed by atoms with Crippen molar-refractivity contribution in [1.82, 2.24) is 0 Å². The second-order valence-corrected chi connectivity index (χ2v) is 6.92. The Bertz CT molecular complexity index is 563. The predicted octanol–water partition coefficient (Wildman–Crippen LogP) is 2.02. The van der Waals surface area contributed by atoms with Crippen molar-refractivity contribution < 1.29 is 17.9 Å². The SMILES string of the molecule is CC(C)c1cc(S(N)(=O)=O)ccc1OC1CCCOC1. The topological polar surface area (TPSA) is 78.6 Å². The van der Waals surface area contributed by atoms with Crippen molar-refractivity contribution in [2.24, 2.45) is 5.14 Å². The van der Waals surface area contributed by atoms with Crippen molar-refractivity contribution in [2.75, 3.05) is 13.2 Å². The van der Waals surface area contributed by atoms with Crippen LogP contribution in [0.1, 0.15) is 38.2 Å². The Kier molecular flexibility index (Phi) is 4.67. The molecule has 2 rings (SSSR count). The van der Waals surface area contributed by atoms with Crippen LogP contribution >= 0.6 is 0 Å². The van der Waals surface area contributed by atoms with Gasteiger partial charge in [0.1, 0.15) is 11.9 Å². The van der Waals surface area contributed by atoms with Gasteiger partial charge in [-0.15, -0.1) is 0 Å². The van der Waals surface area contributed by atoms with Crippen LogP contribution in [0.5, 0.6) is 5.75 Å². The molecule has 0 saturated carbocycles. The molecule has 1 aliphatic heterocycles. The van der Waals surface area contributed by atoms with Crippen molar-refractivity contribution in [2.45, 2.75) is 43.6 Å². The summed E-state index contributed by atoms with van der Waals surface area (Å²) in [7, 11) is -3.69. The molecule has 1 fully saturated rings. The lowest BCUT2D eigenvalue weighted by atomic mass is 10.0. The average molecular weight is 299 g/mol. The van der Waals surface area contributed by atoms with Crippen molar-refractivity contribution in [3.8, 4) is 5.75 Å². The Labute approximate surface area is 120 Å². The molecule has 1 aromatic carbocycles. The average Bonchev–Trinajstić information content (AvgIpc) is 2.38. The summed E-state index contributed by atoms with van der Waals surface area (Å²) in [6, 6.07) is 4.77. The van der Waals surface area contributed by atoms with Gasteiger partial charge in [-0.05, 0) is 42.5 Å². The van der Waals surface area contributed by atoms with E-state index in [9.17, 15) is 8.42 Å². The first-order valence-electron chi connectivity index (χ1n) is 6.79. The minimum atomic E-state index is -3.69. The van der Waals surface area contributed by atoms with Crippen LogP contribution in [0.3, 0.4) is 0 Å². The molecular formula is C14H21NO4S. The van der Waals surface area contributed by atoms with Crippen LogP contribution in [-0.4, -0.2) is 27.7 Å². The van der Waals surface area contributed by atoms with Crippen LogP contribution in [-0.2, 0) is 14.8 Å². The molecule has 0 amide bonds. The summed E-state index contributed by atoms with van der Waals surface area (Å²) in [6.45, 7) is 5.34. The molecule has 1 atom stereocenters. The Morgan fingerprint density at radius 3 is 2.70 bits per heavy atom. The first-order valence-corrected chi connectivity index (χ1v) is 8.33. The van der Waals surface area contributed by atoms with Crippen LogP contribution in [0.25, 0.3) is 0 Å². The summed E-state index contributed by atoms with van der Waals surface area (Å²) < 4.78 is 34.2. The van der Waals surface area contributed by atoms with Gasteiger partial charge in [0.05, 0.1) is 11.5 Å². The van der Waals surface area contributed by atoms with E-state index in [0.717, 1.165) is 25.0 Å². The first kappa shape index (κ1) is 15.3. The Morgan fingerprint density at radius 2 is 2.15 bits per heavy atom. The third kappa shape index (κ3) is 3.71. The van der Waals surface area contributed by atoms with Crippen LogP contribution in [0.4, 0.5) is 0 Å². The fourth-order valence-corrected chi connectivity index (χ4v) is 2.79. The standard InChI is InChI=1S/C14H21NO4S/c1-10(2)13-8-12(20(15,16)17)5-6-14(13)19-11-4-3-7-18-9-11/h5-6,8,10-11H,3-4,7,9H2,1-2H3,(H2,15,16,17). The molecule has 2 N–H and O–H groups in total. The zero-order valence-electron chi connectivity index (χ0n) is 11.8. The molecule has 1 aliphatic rings. The van der Waals surface area contributed by atoms with E-state index in [-0.39, 0.29) is 16.9 Å². The number of primary sulfonamides is 1. The lowest BCUT2D eigenvalue weighted by Gasteiger charge is -2.25. The second-order valence-electron chi connectivity index (χ2n) is 5.36. The van der Waals surface area contributed by atoms with E-state index in [2.05, 4.69) is 0 Å². The molecule has 1 unspecified atom stereocenters. The van der Waals surface area contributed by atoms with Gasteiger partial charge < -0.3 is 9.47 Å². The molecule has 0 spiro atoms. The van der Waals surface area contributed by atoms with Gasteiger partial charge in [0.15, 0.2) is 0 Å². The number of rotatable bonds is 4. The molecule has 1 heterocycles. The van der Waals surface area contributed by atoms with Crippen LogP contribution in [0.15, 0.2) is 23.1 Å². The first-order chi connectivity index (χ1) is 9.38. The molecule has 0 aliphatic carbocycles. The van der Waals surface area contributed by atoms with E-state index >= 15 is 0 Å². The third-order valence-electron chi connectivity index (χ3n) is 3.34. The minimum absolute atomic E-state index is 0.0292. The molecule has 0 aromatic heterocycles. The van der Waals surface area contributed by atoms with E-state index < -0.39 is 10.0 Å². The number of hydrogen-bond acceptors (Lipinski definition) is 4. The molecule has 0 bridgehead atoms. The van der Waals surface area contributed by atoms with Crippen LogP contribution < -0.4 is 9.88 Å². The highest BCUT2D eigenvalue weighted by Gasteiger charge is 2.19. The normalized spacial score (nSPS) is 20.1. The molecule has 112 valence electrons. The molecule has 1 aromatic rings. The van der Waals surface area contributed by atoms with E-state index in [4.69, 9.17) is 14.6 Å². The van der Waals surface area contributed by atoms with Crippen LogP contribution in [0, 0.1) is 0 Å². The number of ether oxygens (including phenoxy) is 2. The van der Waals surface area contributed by atoms with Crippen molar-refractivity contribution >= 4 is 10.0 Å². The fraction of sp³-hybridized carbons (Fsp3) is 0.571. The summed E-state index contributed by atoms with van der Waals surface area (Å²) >= 11 is 0. The highest BCUT2D eigenvalue weighted by molar-refractivity contribution is 7.89. The summed E-state index contributed by atoms with van der Waals surface area (Å²) in [6.07, 6.45) is 1.97. The summed E-state index contributed by atoms with van der Waals surface area (Å²) in [5, 5.41) is 5.17. The maximum absolute atomic E-state index is 11.4. The zero-order chi connectivity index (χ0) is 14.8. The summed E-state index contributed by atoms with van der Waals surface area (Å²) in [4.78, 5) is 0.119. The maximum atomic E-state index is 11.4. The third-order valence-corrected chi connectivity index (χ3v) is 4.25. The molecule has 6 heteroatoms. The highest BCUT2D eigenvalue weighted by atomic mass is 32.2. The molecule has 5 nitrogen and oxygen atoms in total. The van der Waals surface area contributed by atoms with E-state index in [1.54, 1.807) is 12.1 Å². The van der Waals surface area contributed by atoms with Gasteiger partial charge in [-0.1, -0.05) is 13.8 Å². The van der Waals surface area contributed by atoms with Crippen molar-refractivity contribution in [1.29, 1.82) is 0 Å².